The van der Waals surface area contributed by atoms with Gasteiger partial charge in [-0.15, -0.1) is 0 Å². The van der Waals surface area contributed by atoms with E-state index in [9.17, 15) is 10.1 Å². The molecule has 2 rings (SSSR count). The SMILES string of the molecule is O=[N+]([O-])c1cn(CC2CCCO2)cn1. The molecule has 14 heavy (non-hydrogen) atoms. The number of hydrogen-bond acceptors (Lipinski definition) is 4. The van der Waals surface area contributed by atoms with Gasteiger partial charge in [-0.3, -0.25) is 0 Å². The Morgan fingerprint density at radius 2 is 2.64 bits per heavy atom. The zero-order chi connectivity index (χ0) is 9.97. The van der Waals surface area contributed by atoms with Gasteiger partial charge in [0.1, 0.15) is 6.20 Å². The number of imidazole rings is 1. The Morgan fingerprint density at radius 1 is 1.79 bits per heavy atom. The second kappa shape index (κ2) is 3.75. The van der Waals surface area contributed by atoms with Crippen molar-refractivity contribution in [1.82, 2.24) is 9.55 Å². The van der Waals surface area contributed by atoms with Crippen LogP contribution < -0.4 is 0 Å². The summed E-state index contributed by atoms with van der Waals surface area (Å²) >= 11 is 0. The molecule has 1 unspecified atom stereocenters. The Bertz CT molecular complexity index is 330. The number of aromatic nitrogens is 2. The fraction of sp³-hybridized carbons (Fsp3) is 0.625. The first-order valence-electron chi connectivity index (χ1n) is 4.53. The van der Waals surface area contributed by atoms with Gasteiger partial charge in [-0.1, -0.05) is 0 Å². The van der Waals surface area contributed by atoms with Crippen molar-refractivity contribution in [2.24, 2.45) is 0 Å². The minimum atomic E-state index is -0.494. The van der Waals surface area contributed by atoms with Crippen LogP contribution in [-0.4, -0.2) is 27.2 Å². The summed E-state index contributed by atoms with van der Waals surface area (Å²) in [6, 6.07) is 0. The number of nitrogens with zero attached hydrogens (tertiary/aromatic N) is 3. The average molecular weight is 197 g/mol. The molecule has 0 N–H and O–H groups in total. The van der Waals surface area contributed by atoms with Crippen molar-refractivity contribution in [3.05, 3.63) is 22.6 Å². The number of rotatable bonds is 3. The zero-order valence-electron chi connectivity index (χ0n) is 7.63. The average Bonchev–Trinajstić information content (AvgIpc) is 2.75. The first kappa shape index (κ1) is 9.14. The standard InChI is InChI=1S/C8H11N3O3/c12-11(13)8-5-10(6-9-8)4-7-2-1-3-14-7/h5-7H,1-4H2. The van der Waals surface area contributed by atoms with Crippen LogP contribution in [0, 0.1) is 10.1 Å². The second-order valence-corrected chi connectivity index (χ2v) is 3.32. The largest absolute Gasteiger partial charge is 0.381 e. The normalized spacial score (nSPS) is 21.3. The van der Waals surface area contributed by atoms with Crippen LogP contribution in [0.3, 0.4) is 0 Å². The van der Waals surface area contributed by atoms with Crippen molar-refractivity contribution in [1.29, 1.82) is 0 Å². The van der Waals surface area contributed by atoms with Gasteiger partial charge in [-0.05, 0) is 22.7 Å². The van der Waals surface area contributed by atoms with E-state index in [-0.39, 0.29) is 11.9 Å². The van der Waals surface area contributed by atoms with E-state index >= 15 is 0 Å². The quantitative estimate of drug-likeness (QED) is 0.534. The van der Waals surface area contributed by atoms with Gasteiger partial charge in [0.15, 0.2) is 0 Å². The predicted molar refractivity (Wildman–Crippen MR) is 47.9 cm³/mol. The van der Waals surface area contributed by atoms with Gasteiger partial charge in [0, 0.05) is 6.61 Å². The first-order chi connectivity index (χ1) is 6.75. The minimum Gasteiger partial charge on any atom is -0.376 e. The molecule has 1 saturated heterocycles. The van der Waals surface area contributed by atoms with E-state index < -0.39 is 4.92 Å². The third-order valence-corrected chi connectivity index (χ3v) is 2.25. The third-order valence-electron chi connectivity index (χ3n) is 2.25. The smallest absolute Gasteiger partial charge is 0.376 e. The Morgan fingerprint density at radius 3 is 3.21 bits per heavy atom. The highest BCUT2D eigenvalue weighted by Gasteiger charge is 2.18. The van der Waals surface area contributed by atoms with E-state index in [1.165, 1.54) is 12.5 Å². The third kappa shape index (κ3) is 1.90. The molecular formula is C8H11N3O3. The molecule has 0 bridgehead atoms. The van der Waals surface area contributed by atoms with Gasteiger partial charge in [0.25, 0.3) is 0 Å². The minimum absolute atomic E-state index is 0.108. The van der Waals surface area contributed by atoms with Gasteiger partial charge < -0.3 is 19.4 Å². The van der Waals surface area contributed by atoms with Crippen LogP contribution in [0.1, 0.15) is 12.8 Å². The lowest BCUT2D eigenvalue weighted by molar-refractivity contribution is -0.389. The van der Waals surface area contributed by atoms with E-state index in [4.69, 9.17) is 4.74 Å². The summed E-state index contributed by atoms with van der Waals surface area (Å²) in [4.78, 5) is 13.5. The molecule has 1 aromatic heterocycles. The summed E-state index contributed by atoms with van der Waals surface area (Å²) in [7, 11) is 0. The Balaban J connectivity index is 1.98. The predicted octanol–water partition coefficient (Wildman–Crippen LogP) is 0.970. The van der Waals surface area contributed by atoms with E-state index in [1.807, 2.05) is 0 Å². The monoisotopic (exact) mass is 197 g/mol. The first-order valence-corrected chi connectivity index (χ1v) is 4.53. The molecule has 0 spiro atoms. The summed E-state index contributed by atoms with van der Waals surface area (Å²) < 4.78 is 7.11. The molecule has 0 aromatic carbocycles. The van der Waals surface area contributed by atoms with Crippen molar-refractivity contribution < 1.29 is 9.66 Å². The molecule has 6 heteroatoms. The maximum Gasteiger partial charge on any atom is 0.381 e. The summed E-state index contributed by atoms with van der Waals surface area (Å²) in [6.07, 6.45) is 5.18. The molecule has 76 valence electrons. The topological polar surface area (TPSA) is 70.2 Å². The van der Waals surface area contributed by atoms with Crippen LogP contribution >= 0.6 is 0 Å². The van der Waals surface area contributed by atoms with Crippen LogP contribution in [0.25, 0.3) is 0 Å². The highest BCUT2D eigenvalue weighted by molar-refractivity contribution is 5.12. The molecule has 1 fully saturated rings. The van der Waals surface area contributed by atoms with Crippen molar-refractivity contribution in [3.63, 3.8) is 0 Å². The van der Waals surface area contributed by atoms with Gasteiger partial charge in [-0.25, -0.2) is 0 Å². The van der Waals surface area contributed by atoms with E-state index in [2.05, 4.69) is 4.98 Å². The fourth-order valence-corrected chi connectivity index (χ4v) is 1.57. The highest BCUT2D eigenvalue weighted by atomic mass is 16.6. The maximum atomic E-state index is 10.3. The zero-order valence-corrected chi connectivity index (χ0v) is 7.63. The fourth-order valence-electron chi connectivity index (χ4n) is 1.57. The lowest BCUT2D eigenvalue weighted by atomic mass is 10.2. The number of ether oxygens (including phenoxy) is 1. The van der Waals surface area contributed by atoms with E-state index in [0.29, 0.717) is 6.54 Å². The Hall–Kier alpha value is -1.43. The summed E-state index contributed by atoms with van der Waals surface area (Å²) in [5.41, 5.74) is 0. The van der Waals surface area contributed by atoms with Gasteiger partial charge >= 0.3 is 5.82 Å². The number of hydrogen-bond donors (Lipinski definition) is 0. The number of nitro groups is 1. The molecule has 1 aliphatic heterocycles. The van der Waals surface area contributed by atoms with Crippen molar-refractivity contribution >= 4 is 5.82 Å². The lowest BCUT2D eigenvalue weighted by Crippen LogP contribution is -2.13. The molecule has 1 aromatic rings. The lowest BCUT2D eigenvalue weighted by Gasteiger charge is -2.07. The van der Waals surface area contributed by atoms with Crippen LogP contribution in [0.15, 0.2) is 12.5 Å². The van der Waals surface area contributed by atoms with Gasteiger partial charge in [0.2, 0.25) is 6.33 Å². The molecule has 0 saturated carbocycles. The van der Waals surface area contributed by atoms with E-state index in [1.54, 1.807) is 4.57 Å². The summed E-state index contributed by atoms with van der Waals surface area (Å²) in [5.74, 6) is -0.108. The molecule has 0 aliphatic carbocycles. The molecule has 6 nitrogen and oxygen atoms in total. The van der Waals surface area contributed by atoms with Crippen molar-refractivity contribution in [3.8, 4) is 0 Å². The van der Waals surface area contributed by atoms with Crippen LogP contribution in [-0.2, 0) is 11.3 Å². The molecular weight excluding hydrogens is 186 g/mol. The Labute approximate surface area is 80.7 Å². The summed E-state index contributed by atoms with van der Waals surface area (Å²) in [5, 5.41) is 10.3. The van der Waals surface area contributed by atoms with Gasteiger partial charge in [-0.2, -0.15) is 0 Å². The maximum absolute atomic E-state index is 10.3. The van der Waals surface area contributed by atoms with Crippen LogP contribution in [0.4, 0.5) is 5.82 Å². The second-order valence-electron chi connectivity index (χ2n) is 3.32. The van der Waals surface area contributed by atoms with Crippen molar-refractivity contribution in [2.45, 2.75) is 25.5 Å². The molecule has 2 heterocycles. The molecule has 1 atom stereocenters. The van der Waals surface area contributed by atoms with Gasteiger partial charge in [0.05, 0.1) is 12.6 Å². The van der Waals surface area contributed by atoms with Crippen LogP contribution in [0.2, 0.25) is 0 Å². The van der Waals surface area contributed by atoms with Crippen molar-refractivity contribution in [2.75, 3.05) is 6.61 Å². The van der Waals surface area contributed by atoms with E-state index in [0.717, 1.165) is 19.4 Å². The van der Waals surface area contributed by atoms with Crippen LogP contribution in [0.5, 0.6) is 0 Å². The Kier molecular flexibility index (Phi) is 2.45. The highest BCUT2D eigenvalue weighted by Crippen LogP contribution is 2.15. The molecule has 1 aliphatic rings. The summed E-state index contributed by atoms with van der Waals surface area (Å²) in [6.45, 7) is 1.45. The molecule has 0 radical (unpaired) electrons. The molecule has 0 amide bonds.